The van der Waals surface area contributed by atoms with Crippen LogP contribution >= 0.6 is 27.3 Å². The molecular weight excluding hydrogens is 442 g/mol. The Morgan fingerprint density at radius 2 is 1.75 bits per heavy atom. The summed E-state index contributed by atoms with van der Waals surface area (Å²) in [5, 5.41) is 5.01. The summed E-state index contributed by atoms with van der Waals surface area (Å²) in [7, 11) is 1.32. The molecule has 28 heavy (non-hydrogen) atoms. The van der Waals surface area contributed by atoms with Crippen LogP contribution in [0.2, 0.25) is 0 Å². The molecule has 7 heteroatoms. The standard InChI is InChI=1S/C21H18BrNO4S/c1-13-3-9-16(10-4-13)27-11-18(24)23-20-19(21(25)26-2)17(12-28-20)14-5-7-15(22)8-6-14/h3-10,12H,11H2,1-2H3,(H,23,24). The van der Waals surface area contributed by atoms with Gasteiger partial charge in [0, 0.05) is 15.4 Å². The highest BCUT2D eigenvalue weighted by Gasteiger charge is 2.22. The van der Waals surface area contributed by atoms with Crippen molar-refractivity contribution in [3.8, 4) is 16.9 Å². The van der Waals surface area contributed by atoms with Gasteiger partial charge in [0.15, 0.2) is 6.61 Å². The summed E-state index contributed by atoms with van der Waals surface area (Å²) in [5.74, 6) is -0.250. The third kappa shape index (κ3) is 4.79. The van der Waals surface area contributed by atoms with Crippen molar-refractivity contribution < 1.29 is 19.1 Å². The number of ether oxygens (including phenoxy) is 2. The number of hydrogen-bond acceptors (Lipinski definition) is 5. The SMILES string of the molecule is COC(=O)c1c(-c2ccc(Br)cc2)csc1NC(=O)COc1ccc(C)cc1. The van der Waals surface area contributed by atoms with Crippen molar-refractivity contribution in [1.29, 1.82) is 0 Å². The van der Waals surface area contributed by atoms with E-state index in [2.05, 4.69) is 21.2 Å². The summed E-state index contributed by atoms with van der Waals surface area (Å²) in [4.78, 5) is 24.7. The first-order chi connectivity index (χ1) is 13.5. The van der Waals surface area contributed by atoms with E-state index in [1.165, 1.54) is 18.4 Å². The van der Waals surface area contributed by atoms with E-state index in [4.69, 9.17) is 9.47 Å². The molecule has 0 saturated carbocycles. The van der Waals surface area contributed by atoms with Crippen molar-refractivity contribution in [2.45, 2.75) is 6.92 Å². The fourth-order valence-corrected chi connectivity index (χ4v) is 3.78. The van der Waals surface area contributed by atoms with Crippen molar-refractivity contribution >= 4 is 44.1 Å². The van der Waals surface area contributed by atoms with E-state index >= 15 is 0 Å². The van der Waals surface area contributed by atoms with Gasteiger partial charge in [0.05, 0.1) is 7.11 Å². The van der Waals surface area contributed by atoms with Crippen molar-refractivity contribution in [3.63, 3.8) is 0 Å². The molecule has 0 bridgehead atoms. The largest absolute Gasteiger partial charge is 0.484 e. The van der Waals surface area contributed by atoms with Crippen LogP contribution in [0.4, 0.5) is 5.00 Å². The van der Waals surface area contributed by atoms with Gasteiger partial charge in [-0.15, -0.1) is 11.3 Å². The van der Waals surface area contributed by atoms with Crippen LogP contribution in [0.5, 0.6) is 5.75 Å². The number of aryl methyl sites for hydroxylation is 1. The molecule has 3 rings (SSSR count). The average Bonchev–Trinajstić information content (AvgIpc) is 3.11. The Hall–Kier alpha value is -2.64. The van der Waals surface area contributed by atoms with Gasteiger partial charge in [0.1, 0.15) is 16.3 Å². The molecule has 0 atom stereocenters. The van der Waals surface area contributed by atoms with E-state index in [1.807, 2.05) is 48.7 Å². The third-order valence-electron chi connectivity index (χ3n) is 3.98. The normalized spacial score (nSPS) is 10.4. The fraction of sp³-hybridized carbons (Fsp3) is 0.143. The minimum absolute atomic E-state index is 0.158. The minimum Gasteiger partial charge on any atom is -0.484 e. The molecule has 0 fully saturated rings. The average molecular weight is 460 g/mol. The zero-order valence-electron chi connectivity index (χ0n) is 15.3. The monoisotopic (exact) mass is 459 g/mol. The Balaban J connectivity index is 1.77. The van der Waals surface area contributed by atoms with Crippen molar-refractivity contribution in [2.75, 3.05) is 19.0 Å². The van der Waals surface area contributed by atoms with E-state index < -0.39 is 5.97 Å². The van der Waals surface area contributed by atoms with E-state index in [1.54, 1.807) is 12.1 Å². The van der Waals surface area contributed by atoms with Crippen LogP contribution in [0.25, 0.3) is 11.1 Å². The molecule has 0 saturated heterocycles. The summed E-state index contributed by atoms with van der Waals surface area (Å²) in [6, 6.07) is 15.0. The number of amides is 1. The first-order valence-corrected chi connectivity index (χ1v) is 10.1. The summed E-state index contributed by atoms with van der Waals surface area (Å²) < 4.78 is 11.4. The van der Waals surface area contributed by atoms with Gasteiger partial charge < -0.3 is 14.8 Å². The Morgan fingerprint density at radius 1 is 1.07 bits per heavy atom. The maximum Gasteiger partial charge on any atom is 0.341 e. The second-order valence-electron chi connectivity index (χ2n) is 6.00. The lowest BCUT2D eigenvalue weighted by Crippen LogP contribution is -2.21. The van der Waals surface area contributed by atoms with Gasteiger partial charge in [-0.25, -0.2) is 4.79 Å². The molecule has 144 valence electrons. The number of rotatable bonds is 6. The highest BCUT2D eigenvalue weighted by Crippen LogP contribution is 2.36. The van der Waals surface area contributed by atoms with Crippen LogP contribution in [-0.2, 0) is 9.53 Å². The highest BCUT2D eigenvalue weighted by molar-refractivity contribution is 9.10. The molecule has 1 heterocycles. The highest BCUT2D eigenvalue weighted by atomic mass is 79.9. The molecular formula is C21H18BrNO4S. The second-order valence-corrected chi connectivity index (χ2v) is 7.80. The number of carbonyl (C=O) groups excluding carboxylic acids is 2. The third-order valence-corrected chi connectivity index (χ3v) is 5.40. The predicted molar refractivity (Wildman–Crippen MR) is 114 cm³/mol. The molecule has 0 aliphatic carbocycles. The van der Waals surface area contributed by atoms with Crippen LogP contribution in [0.3, 0.4) is 0 Å². The van der Waals surface area contributed by atoms with Gasteiger partial charge in [-0.2, -0.15) is 0 Å². The minimum atomic E-state index is -0.506. The molecule has 1 amide bonds. The van der Waals surface area contributed by atoms with E-state index in [0.717, 1.165) is 15.6 Å². The number of nitrogens with one attached hydrogen (secondary N) is 1. The van der Waals surface area contributed by atoms with Gasteiger partial charge in [-0.05, 0) is 36.8 Å². The number of benzene rings is 2. The van der Waals surface area contributed by atoms with Crippen LogP contribution in [0.1, 0.15) is 15.9 Å². The van der Waals surface area contributed by atoms with Crippen LogP contribution in [0.15, 0.2) is 58.4 Å². The molecule has 1 aromatic heterocycles. The predicted octanol–water partition coefficient (Wildman–Crippen LogP) is 5.29. The first-order valence-electron chi connectivity index (χ1n) is 8.43. The Kier molecular flexibility index (Phi) is 6.49. The first kappa shape index (κ1) is 20.1. The number of hydrogen-bond donors (Lipinski definition) is 1. The second kappa shape index (κ2) is 9.03. The van der Waals surface area contributed by atoms with Crippen molar-refractivity contribution in [3.05, 3.63) is 69.5 Å². The number of thiophene rings is 1. The Bertz CT molecular complexity index is 981. The maximum atomic E-state index is 12.3. The molecule has 1 N–H and O–H groups in total. The van der Waals surface area contributed by atoms with Gasteiger partial charge in [-0.3, -0.25) is 4.79 Å². The molecule has 2 aromatic carbocycles. The van der Waals surface area contributed by atoms with Crippen LogP contribution in [0, 0.1) is 6.92 Å². The molecule has 5 nitrogen and oxygen atoms in total. The van der Waals surface area contributed by atoms with Crippen molar-refractivity contribution in [1.82, 2.24) is 0 Å². The molecule has 3 aromatic rings. The summed E-state index contributed by atoms with van der Waals surface area (Å²) in [6.07, 6.45) is 0. The quantitative estimate of drug-likeness (QED) is 0.508. The number of halogens is 1. The molecule has 0 radical (unpaired) electrons. The molecule has 0 aliphatic heterocycles. The topological polar surface area (TPSA) is 64.6 Å². The van der Waals surface area contributed by atoms with Gasteiger partial charge >= 0.3 is 5.97 Å². The summed E-state index contributed by atoms with van der Waals surface area (Å²) >= 11 is 4.67. The van der Waals surface area contributed by atoms with E-state index in [9.17, 15) is 9.59 Å². The van der Waals surface area contributed by atoms with Crippen molar-refractivity contribution in [2.24, 2.45) is 0 Å². The van der Waals surface area contributed by atoms with Gasteiger partial charge in [-0.1, -0.05) is 45.8 Å². The zero-order valence-corrected chi connectivity index (χ0v) is 17.7. The number of anilines is 1. The lowest BCUT2D eigenvalue weighted by Gasteiger charge is -2.09. The van der Waals surface area contributed by atoms with Crippen LogP contribution < -0.4 is 10.1 Å². The zero-order chi connectivity index (χ0) is 20.1. The Labute approximate surface area is 175 Å². The summed E-state index contributed by atoms with van der Waals surface area (Å²) in [5.41, 5.74) is 3.01. The van der Waals surface area contributed by atoms with Gasteiger partial charge in [0.2, 0.25) is 0 Å². The lowest BCUT2D eigenvalue weighted by atomic mass is 10.0. The molecule has 0 spiro atoms. The number of carbonyl (C=O) groups is 2. The van der Waals surface area contributed by atoms with Gasteiger partial charge in [0.25, 0.3) is 5.91 Å². The fourth-order valence-electron chi connectivity index (χ4n) is 2.54. The van der Waals surface area contributed by atoms with Crippen LogP contribution in [-0.4, -0.2) is 25.6 Å². The maximum absolute atomic E-state index is 12.3. The lowest BCUT2D eigenvalue weighted by molar-refractivity contribution is -0.118. The van der Waals surface area contributed by atoms with E-state index in [0.29, 0.717) is 21.9 Å². The smallest absolute Gasteiger partial charge is 0.341 e. The Morgan fingerprint density at radius 3 is 2.39 bits per heavy atom. The van der Waals surface area contributed by atoms with E-state index in [-0.39, 0.29) is 12.5 Å². The summed E-state index contributed by atoms with van der Waals surface area (Å²) in [6.45, 7) is 1.82. The number of methoxy groups -OCH3 is 1. The molecule has 0 aliphatic rings. The number of esters is 1. The molecule has 0 unspecified atom stereocenters.